The monoisotopic (exact) mass is 260 g/mol. The van der Waals surface area contributed by atoms with Crippen LogP contribution in [-0.4, -0.2) is 17.7 Å². The minimum atomic E-state index is -1.02. The predicted octanol–water partition coefficient (Wildman–Crippen LogP) is 2.12. The normalized spacial score (nSPS) is 11.0. The summed E-state index contributed by atoms with van der Waals surface area (Å²) in [6, 6.07) is 6.57. The maximum atomic E-state index is 11.3. The topological polar surface area (TPSA) is 76.7 Å². The minimum Gasteiger partial charge on any atom is -0.489 e. The van der Waals surface area contributed by atoms with Gasteiger partial charge in [0.2, 0.25) is 0 Å². The van der Waals surface area contributed by atoms with Crippen molar-refractivity contribution in [1.29, 1.82) is 0 Å². The number of rotatable bonds is 4. The maximum Gasteiger partial charge on any atom is 0.336 e. The van der Waals surface area contributed by atoms with E-state index in [4.69, 9.17) is 14.3 Å². The lowest BCUT2D eigenvalue weighted by atomic mass is 10.1. The third kappa shape index (κ3) is 3.22. The summed E-state index contributed by atoms with van der Waals surface area (Å²) >= 11 is 0. The fraction of sp³-hybridized carbons (Fsp3) is 0.143. The lowest BCUT2D eigenvalue weighted by Gasteiger charge is -2.05. The second kappa shape index (κ2) is 5.39. The van der Waals surface area contributed by atoms with E-state index in [1.54, 1.807) is 18.2 Å². The fourth-order valence-electron chi connectivity index (χ4n) is 1.69. The van der Waals surface area contributed by atoms with Crippen molar-refractivity contribution in [2.75, 3.05) is 6.61 Å². The Morgan fingerprint density at radius 2 is 2.21 bits per heavy atom. The number of carboxylic acid groups (broad SMARTS) is 1. The predicted molar refractivity (Wildman–Crippen MR) is 69.5 cm³/mol. The van der Waals surface area contributed by atoms with Gasteiger partial charge in [-0.15, -0.1) is 0 Å². The number of carbonyl (C=O) groups is 1. The highest BCUT2D eigenvalue weighted by molar-refractivity contribution is 5.81. The lowest BCUT2D eigenvalue weighted by Crippen LogP contribution is -1.99. The van der Waals surface area contributed by atoms with Crippen LogP contribution >= 0.6 is 0 Å². The van der Waals surface area contributed by atoms with Gasteiger partial charge in [-0.05, 0) is 30.7 Å². The number of benzene rings is 1. The molecule has 0 fully saturated rings. The molecule has 98 valence electrons. The Hall–Kier alpha value is -2.56. The van der Waals surface area contributed by atoms with Gasteiger partial charge in [0, 0.05) is 23.6 Å². The van der Waals surface area contributed by atoms with Crippen molar-refractivity contribution in [3.05, 3.63) is 52.4 Å². The summed E-state index contributed by atoms with van der Waals surface area (Å²) < 4.78 is 10.4. The van der Waals surface area contributed by atoms with Crippen LogP contribution in [0.3, 0.4) is 0 Å². The van der Waals surface area contributed by atoms with Crippen LogP contribution < -0.4 is 10.4 Å². The molecule has 0 saturated carbocycles. The van der Waals surface area contributed by atoms with E-state index in [9.17, 15) is 9.59 Å². The van der Waals surface area contributed by atoms with E-state index in [0.29, 0.717) is 11.3 Å². The van der Waals surface area contributed by atoms with Gasteiger partial charge < -0.3 is 14.3 Å². The van der Waals surface area contributed by atoms with Gasteiger partial charge in [-0.3, -0.25) is 0 Å². The molecule has 2 rings (SSSR count). The Morgan fingerprint density at radius 1 is 1.42 bits per heavy atom. The smallest absolute Gasteiger partial charge is 0.336 e. The molecular formula is C14H12O5. The molecule has 0 bridgehead atoms. The van der Waals surface area contributed by atoms with Crippen LogP contribution in [0, 0.1) is 6.92 Å². The van der Waals surface area contributed by atoms with E-state index >= 15 is 0 Å². The summed E-state index contributed by atoms with van der Waals surface area (Å²) in [5.74, 6) is -0.514. The summed E-state index contributed by atoms with van der Waals surface area (Å²) in [5, 5.41) is 9.26. The third-order valence-corrected chi connectivity index (χ3v) is 2.53. The molecule has 1 heterocycles. The van der Waals surface area contributed by atoms with Crippen LogP contribution in [0.4, 0.5) is 0 Å². The summed E-state index contributed by atoms with van der Waals surface area (Å²) in [6.07, 6.45) is 2.39. The third-order valence-electron chi connectivity index (χ3n) is 2.53. The highest BCUT2D eigenvalue weighted by Gasteiger charge is 2.03. The second-order valence-electron chi connectivity index (χ2n) is 3.96. The van der Waals surface area contributed by atoms with E-state index in [1.807, 2.05) is 6.92 Å². The van der Waals surface area contributed by atoms with Gasteiger partial charge in [0.15, 0.2) is 0 Å². The number of carboxylic acids is 1. The number of fused-ring (bicyclic) bond motifs is 1. The quantitative estimate of drug-likeness (QED) is 0.673. The number of ether oxygens (including phenoxy) is 1. The Bertz CT molecular complexity index is 697. The summed E-state index contributed by atoms with van der Waals surface area (Å²) in [6.45, 7) is 1.96. The first-order valence-corrected chi connectivity index (χ1v) is 5.63. The molecule has 1 aromatic carbocycles. The van der Waals surface area contributed by atoms with E-state index in [-0.39, 0.29) is 6.61 Å². The van der Waals surface area contributed by atoms with Crippen molar-refractivity contribution in [1.82, 2.24) is 0 Å². The molecule has 5 heteroatoms. The zero-order valence-electron chi connectivity index (χ0n) is 10.3. The van der Waals surface area contributed by atoms with Crippen molar-refractivity contribution >= 4 is 16.9 Å². The summed E-state index contributed by atoms with van der Waals surface area (Å²) in [5.41, 5.74) is 0.876. The Balaban J connectivity index is 2.22. The van der Waals surface area contributed by atoms with Crippen LogP contribution in [-0.2, 0) is 4.79 Å². The molecule has 0 amide bonds. The van der Waals surface area contributed by atoms with Gasteiger partial charge in [0.05, 0.1) is 0 Å². The Kier molecular flexibility index (Phi) is 3.66. The van der Waals surface area contributed by atoms with Crippen molar-refractivity contribution in [2.45, 2.75) is 6.92 Å². The van der Waals surface area contributed by atoms with E-state index in [1.165, 1.54) is 12.1 Å². The number of aliphatic carboxylic acids is 1. The second-order valence-corrected chi connectivity index (χ2v) is 3.96. The van der Waals surface area contributed by atoms with Crippen molar-refractivity contribution in [2.24, 2.45) is 0 Å². The lowest BCUT2D eigenvalue weighted by molar-refractivity contribution is -0.131. The molecule has 0 aliphatic rings. The number of aryl methyl sites for hydroxylation is 1. The van der Waals surface area contributed by atoms with E-state index in [0.717, 1.165) is 17.0 Å². The molecule has 5 nitrogen and oxygen atoms in total. The van der Waals surface area contributed by atoms with Crippen LogP contribution in [0.15, 0.2) is 45.6 Å². The highest BCUT2D eigenvalue weighted by Crippen LogP contribution is 2.22. The van der Waals surface area contributed by atoms with Gasteiger partial charge in [-0.2, -0.15) is 0 Å². The molecule has 0 spiro atoms. The average molecular weight is 260 g/mol. The van der Waals surface area contributed by atoms with Gasteiger partial charge in [-0.25, -0.2) is 9.59 Å². The molecule has 1 aromatic heterocycles. The van der Waals surface area contributed by atoms with Gasteiger partial charge in [-0.1, -0.05) is 0 Å². The minimum absolute atomic E-state index is 0.133. The number of hydrogen-bond acceptors (Lipinski definition) is 4. The SMILES string of the molecule is Cc1cc(=O)oc2cc(OCC=CC(=O)O)ccc12. The fourth-order valence-corrected chi connectivity index (χ4v) is 1.69. The molecule has 19 heavy (non-hydrogen) atoms. The Morgan fingerprint density at radius 3 is 2.95 bits per heavy atom. The first kappa shape index (κ1) is 12.9. The van der Waals surface area contributed by atoms with Crippen molar-refractivity contribution < 1.29 is 19.1 Å². The highest BCUT2D eigenvalue weighted by atomic mass is 16.5. The molecule has 2 aromatic rings. The molecule has 0 atom stereocenters. The molecular weight excluding hydrogens is 248 g/mol. The first-order valence-electron chi connectivity index (χ1n) is 5.63. The molecule has 1 N–H and O–H groups in total. The average Bonchev–Trinajstić information content (AvgIpc) is 2.33. The number of hydrogen-bond donors (Lipinski definition) is 1. The van der Waals surface area contributed by atoms with Crippen LogP contribution in [0.2, 0.25) is 0 Å². The zero-order chi connectivity index (χ0) is 13.8. The van der Waals surface area contributed by atoms with Gasteiger partial charge in [0.25, 0.3) is 0 Å². The maximum absolute atomic E-state index is 11.3. The van der Waals surface area contributed by atoms with E-state index < -0.39 is 11.6 Å². The van der Waals surface area contributed by atoms with Gasteiger partial charge >= 0.3 is 11.6 Å². The van der Waals surface area contributed by atoms with Crippen LogP contribution in [0.25, 0.3) is 11.0 Å². The van der Waals surface area contributed by atoms with Crippen molar-refractivity contribution in [3.8, 4) is 5.75 Å². The molecule has 0 aliphatic carbocycles. The first-order chi connectivity index (χ1) is 9.06. The van der Waals surface area contributed by atoms with Crippen LogP contribution in [0.5, 0.6) is 5.75 Å². The summed E-state index contributed by atoms with van der Waals surface area (Å²) in [7, 11) is 0. The van der Waals surface area contributed by atoms with Gasteiger partial charge in [0.1, 0.15) is 17.9 Å². The van der Waals surface area contributed by atoms with Crippen LogP contribution in [0.1, 0.15) is 5.56 Å². The zero-order valence-corrected chi connectivity index (χ0v) is 10.3. The van der Waals surface area contributed by atoms with E-state index in [2.05, 4.69) is 0 Å². The molecule has 0 unspecified atom stereocenters. The molecule has 0 radical (unpaired) electrons. The molecule has 0 saturated heterocycles. The Labute approximate surface area is 108 Å². The largest absolute Gasteiger partial charge is 0.489 e. The van der Waals surface area contributed by atoms with Crippen molar-refractivity contribution in [3.63, 3.8) is 0 Å². The standard InChI is InChI=1S/C14H12O5/c1-9-7-14(17)19-12-8-10(4-5-11(9)12)18-6-2-3-13(15)16/h2-5,7-8H,6H2,1H3,(H,15,16). The molecule has 0 aliphatic heterocycles. The summed E-state index contributed by atoms with van der Waals surface area (Å²) in [4.78, 5) is 21.5.